The van der Waals surface area contributed by atoms with Gasteiger partial charge in [0.05, 0.1) is 19.3 Å². The highest BCUT2D eigenvalue weighted by molar-refractivity contribution is 5.82. The second-order valence-corrected chi connectivity index (χ2v) is 10.1. The molecule has 1 aliphatic rings. The van der Waals surface area contributed by atoms with Crippen molar-refractivity contribution >= 4 is 12.1 Å². The summed E-state index contributed by atoms with van der Waals surface area (Å²) in [5.74, 6) is -0.671. The summed E-state index contributed by atoms with van der Waals surface area (Å²) in [5.41, 5.74) is 1.40. The number of nitrogens with zero attached hydrogens (tertiary/aromatic N) is 1. The zero-order chi connectivity index (χ0) is 25.0. The molecule has 0 saturated carbocycles. The van der Waals surface area contributed by atoms with E-state index in [1.165, 1.54) is 4.90 Å². The van der Waals surface area contributed by atoms with Gasteiger partial charge >= 0.3 is 12.1 Å². The fourth-order valence-electron chi connectivity index (χ4n) is 5.02. The molecule has 0 bridgehead atoms. The van der Waals surface area contributed by atoms with Gasteiger partial charge in [-0.1, -0.05) is 69.3 Å². The van der Waals surface area contributed by atoms with E-state index in [0.717, 1.165) is 16.9 Å². The first-order valence-corrected chi connectivity index (χ1v) is 11.7. The minimum Gasteiger partial charge on any atom is -0.496 e. The van der Waals surface area contributed by atoms with Crippen LogP contribution in [0.15, 0.2) is 54.6 Å². The molecule has 2 N–H and O–H groups in total. The van der Waals surface area contributed by atoms with E-state index >= 15 is 0 Å². The molecule has 4 atom stereocenters. The summed E-state index contributed by atoms with van der Waals surface area (Å²) in [6, 6.07) is 15.4. The van der Waals surface area contributed by atoms with Crippen LogP contribution < -0.4 is 10.1 Å². The normalized spacial score (nSPS) is 22.6. The predicted octanol–water partition coefficient (Wildman–Crippen LogP) is 4.87. The van der Waals surface area contributed by atoms with Gasteiger partial charge in [-0.25, -0.2) is 9.59 Å². The first-order valence-electron chi connectivity index (χ1n) is 11.7. The highest BCUT2D eigenvalue weighted by atomic mass is 16.6. The van der Waals surface area contributed by atoms with E-state index in [4.69, 9.17) is 9.47 Å². The Morgan fingerprint density at radius 3 is 2.24 bits per heavy atom. The van der Waals surface area contributed by atoms with Crippen LogP contribution in [0, 0.1) is 11.3 Å². The molecule has 0 aliphatic carbocycles. The van der Waals surface area contributed by atoms with E-state index in [9.17, 15) is 14.7 Å². The van der Waals surface area contributed by atoms with Gasteiger partial charge in [0.2, 0.25) is 0 Å². The predicted molar refractivity (Wildman–Crippen MR) is 131 cm³/mol. The smallest absolute Gasteiger partial charge is 0.411 e. The van der Waals surface area contributed by atoms with Crippen molar-refractivity contribution in [3.8, 4) is 5.75 Å². The molecule has 7 nitrogen and oxygen atoms in total. The Hall–Kier alpha value is -3.06. The van der Waals surface area contributed by atoms with E-state index in [1.807, 2.05) is 75.4 Å². The average molecular weight is 469 g/mol. The van der Waals surface area contributed by atoms with Gasteiger partial charge in [0.25, 0.3) is 0 Å². The summed E-state index contributed by atoms with van der Waals surface area (Å²) < 4.78 is 11.1. The van der Waals surface area contributed by atoms with Crippen LogP contribution >= 0.6 is 0 Å². The van der Waals surface area contributed by atoms with Crippen molar-refractivity contribution in [3.05, 3.63) is 65.7 Å². The van der Waals surface area contributed by atoms with Crippen molar-refractivity contribution in [1.29, 1.82) is 0 Å². The van der Waals surface area contributed by atoms with Crippen molar-refractivity contribution in [2.24, 2.45) is 11.3 Å². The number of carboxylic acid groups (broad SMARTS) is 1. The maximum absolute atomic E-state index is 13.3. The van der Waals surface area contributed by atoms with E-state index in [0.29, 0.717) is 6.54 Å². The fourth-order valence-corrected chi connectivity index (χ4v) is 5.02. The zero-order valence-electron chi connectivity index (χ0n) is 20.8. The van der Waals surface area contributed by atoms with Crippen LogP contribution in [0.3, 0.4) is 0 Å². The van der Waals surface area contributed by atoms with E-state index in [-0.39, 0.29) is 18.1 Å². The Morgan fingerprint density at radius 1 is 1.06 bits per heavy atom. The average Bonchev–Trinajstić information content (AvgIpc) is 3.14. The van der Waals surface area contributed by atoms with Gasteiger partial charge in [0, 0.05) is 24.1 Å². The molecule has 184 valence electrons. The molecule has 1 amide bonds. The van der Waals surface area contributed by atoms with Crippen LogP contribution in [0.2, 0.25) is 0 Å². The summed E-state index contributed by atoms with van der Waals surface area (Å²) in [7, 11) is 1.63. The minimum absolute atomic E-state index is 0.340. The van der Waals surface area contributed by atoms with Gasteiger partial charge in [-0.2, -0.15) is 0 Å². The second kappa shape index (κ2) is 10.5. The molecule has 0 radical (unpaired) electrons. The number of ether oxygens (including phenoxy) is 2. The van der Waals surface area contributed by atoms with Gasteiger partial charge in [-0.15, -0.1) is 0 Å². The molecular weight excluding hydrogens is 432 g/mol. The Morgan fingerprint density at radius 2 is 1.68 bits per heavy atom. The molecule has 2 aromatic carbocycles. The SMILES string of the molecule is COc1ccccc1CNC1C(c2ccccc2)N(C(=O)OC(C)C)C(C(=O)O)C1C(C)(C)C. The lowest BCUT2D eigenvalue weighted by atomic mass is 9.72. The number of carboxylic acids is 1. The monoisotopic (exact) mass is 468 g/mol. The van der Waals surface area contributed by atoms with Crippen LogP contribution in [0.5, 0.6) is 5.75 Å². The Balaban J connectivity index is 2.12. The molecular formula is C27H36N2O5. The first-order chi connectivity index (χ1) is 16.1. The lowest BCUT2D eigenvalue weighted by Crippen LogP contribution is -2.48. The molecule has 1 aliphatic heterocycles. The minimum atomic E-state index is -1.05. The van der Waals surface area contributed by atoms with Crippen molar-refractivity contribution < 1.29 is 24.2 Å². The fraction of sp³-hybridized carbons (Fsp3) is 0.481. The first kappa shape index (κ1) is 25.6. The summed E-state index contributed by atoms with van der Waals surface area (Å²) in [6.45, 7) is 10.0. The van der Waals surface area contributed by atoms with Crippen LogP contribution in [0.25, 0.3) is 0 Å². The van der Waals surface area contributed by atoms with Gasteiger partial charge in [0.15, 0.2) is 0 Å². The number of nitrogens with one attached hydrogen (secondary N) is 1. The number of para-hydroxylation sites is 1. The Bertz CT molecular complexity index is 986. The number of methoxy groups -OCH3 is 1. The van der Waals surface area contributed by atoms with Gasteiger partial charge in [0.1, 0.15) is 11.8 Å². The number of amides is 1. The third-order valence-corrected chi connectivity index (χ3v) is 6.33. The van der Waals surface area contributed by atoms with Crippen molar-refractivity contribution in [2.75, 3.05) is 7.11 Å². The molecule has 7 heteroatoms. The van der Waals surface area contributed by atoms with Gasteiger partial charge in [-0.3, -0.25) is 4.90 Å². The maximum atomic E-state index is 13.3. The maximum Gasteiger partial charge on any atom is 0.411 e. The largest absolute Gasteiger partial charge is 0.496 e. The number of carbonyl (C=O) groups is 2. The number of aliphatic carboxylic acids is 1. The number of benzene rings is 2. The van der Waals surface area contributed by atoms with Crippen LogP contribution in [-0.4, -0.2) is 47.4 Å². The lowest BCUT2D eigenvalue weighted by Gasteiger charge is -2.35. The van der Waals surface area contributed by atoms with Crippen molar-refractivity contribution in [2.45, 2.75) is 65.4 Å². The number of hydrogen-bond donors (Lipinski definition) is 2. The summed E-state index contributed by atoms with van der Waals surface area (Å²) >= 11 is 0. The topological polar surface area (TPSA) is 88.1 Å². The number of likely N-dealkylation sites (tertiary alicyclic amines) is 1. The summed E-state index contributed by atoms with van der Waals surface area (Å²) in [6.07, 6.45) is -0.987. The summed E-state index contributed by atoms with van der Waals surface area (Å²) in [4.78, 5) is 27.4. The number of hydrogen-bond acceptors (Lipinski definition) is 5. The molecule has 1 heterocycles. The molecule has 2 aromatic rings. The van der Waals surface area contributed by atoms with Crippen LogP contribution in [0.4, 0.5) is 4.79 Å². The Kier molecular flexibility index (Phi) is 7.87. The van der Waals surface area contributed by atoms with Crippen molar-refractivity contribution in [1.82, 2.24) is 10.2 Å². The second-order valence-electron chi connectivity index (χ2n) is 10.1. The molecule has 34 heavy (non-hydrogen) atoms. The van der Waals surface area contributed by atoms with Crippen LogP contribution in [-0.2, 0) is 16.1 Å². The zero-order valence-corrected chi connectivity index (χ0v) is 20.8. The molecule has 4 unspecified atom stereocenters. The molecule has 1 saturated heterocycles. The summed E-state index contributed by atoms with van der Waals surface area (Å²) in [5, 5.41) is 14.0. The molecule has 0 aromatic heterocycles. The number of carbonyl (C=O) groups excluding carboxylic acids is 1. The van der Waals surface area contributed by atoms with Gasteiger partial charge < -0.3 is 19.9 Å². The third kappa shape index (κ3) is 5.36. The highest BCUT2D eigenvalue weighted by Crippen LogP contribution is 2.48. The standard InChI is InChI=1S/C27H36N2O5/c1-17(2)34-26(32)29-23(18-12-8-7-9-13-18)22(21(27(3,4)5)24(29)25(30)31)28-16-19-14-10-11-15-20(19)33-6/h7-15,17,21-24,28H,16H2,1-6H3,(H,30,31). The number of rotatable bonds is 7. The molecule has 0 spiro atoms. The van der Waals surface area contributed by atoms with E-state index in [2.05, 4.69) is 5.32 Å². The quantitative estimate of drug-likeness (QED) is 0.603. The van der Waals surface area contributed by atoms with E-state index in [1.54, 1.807) is 21.0 Å². The highest BCUT2D eigenvalue weighted by Gasteiger charge is 2.58. The molecule has 1 fully saturated rings. The van der Waals surface area contributed by atoms with Crippen molar-refractivity contribution in [3.63, 3.8) is 0 Å². The lowest BCUT2D eigenvalue weighted by molar-refractivity contribution is -0.144. The Labute approximate surface area is 202 Å². The van der Waals surface area contributed by atoms with Gasteiger partial charge in [-0.05, 0) is 30.9 Å². The van der Waals surface area contributed by atoms with E-state index < -0.39 is 29.6 Å². The van der Waals surface area contributed by atoms with Crippen LogP contribution in [0.1, 0.15) is 51.8 Å². The molecule has 3 rings (SSSR count). The third-order valence-electron chi connectivity index (χ3n) is 6.33.